The van der Waals surface area contributed by atoms with E-state index in [0.29, 0.717) is 5.82 Å². The summed E-state index contributed by atoms with van der Waals surface area (Å²) in [6.07, 6.45) is 2.42. The number of carbonyl (C=O) groups is 1. The Hall–Kier alpha value is -1.41. The molecule has 19 heavy (non-hydrogen) atoms. The minimum absolute atomic E-state index is 0.0650. The Morgan fingerprint density at radius 2 is 2.26 bits per heavy atom. The van der Waals surface area contributed by atoms with Crippen LogP contribution in [0, 0.1) is 0 Å². The Bertz CT molecular complexity index is 581. The van der Waals surface area contributed by atoms with Crippen LogP contribution in [0.15, 0.2) is 12.3 Å². The summed E-state index contributed by atoms with van der Waals surface area (Å²) in [5, 5.41) is 8.48. The van der Waals surface area contributed by atoms with Gasteiger partial charge in [-0.1, -0.05) is 6.92 Å². The second kappa shape index (κ2) is 4.93. The third-order valence-corrected chi connectivity index (χ3v) is 4.73. The first-order valence-electron chi connectivity index (χ1n) is 6.20. The summed E-state index contributed by atoms with van der Waals surface area (Å²) in [4.78, 5) is 13.4. The highest BCUT2D eigenvalue weighted by molar-refractivity contribution is 7.89. The van der Waals surface area contributed by atoms with Gasteiger partial charge >= 0.3 is 0 Å². The molecule has 1 aromatic rings. The van der Waals surface area contributed by atoms with Crippen molar-refractivity contribution in [2.24, 2.45) is 5.14 Å². The van der Waals surface area contributed by atoms with Crippen molar-refractivity contribution in [3.63, 3.8) is 0 Å². The quantitative estimate of drug-likeness (QED) is 0.857. The summed E-state index contributed by atoms with van der Waals surface area (Å²) >= 11 is 0. The monoisotopic (exact) mass is 286 g/mol. The lowest BCUT2D eigenvalue weighted by Crippen LogP contribution is -2.33. The second-order valence-electron chi connectivity index (χ2n) is 4.81. The molecule has 0 aromatic carbocycles. The summed E-state index contributed by atoms with van der Waals surface area (Å²) < 4.78 is 24.4. The number of carbonyl (C=O) groups excluding carboxylic acids is 1. The molecule has 2 heterocycles. The molecule has 1 aliphatic heterocycles. The topological polar surface area (TPSA) is 98.3 Å². The van der Waals surface area contributed by atoms with Crippen LogP contribution in [-0.2, 0) is 14.8 Å². The van der Waals surface area contributed by atoms with Gasteiger partial charge in [0.15, 0.2) is 0 Å². The van der Waals surface area contributed by atoms with Gasteiger partial charge in [0, 0.05) is 19.0 Å². The molecule has 1 aliphatic rings. The van der Waals surface area contributed by atoms with Gasteiger partial charge < -0.3 is 0 Å². The average molecular weight is 286 g/mol. The largest absolute Gasteiger partial charge is 0.296 e. The van der Waals surface area contributed by atoms with Crippen LogP contribution < -0.4 is 10.0 Å². The fraction of sp³-hybridized carbons (Fsp3) is 0.636. The molecule has 1 saturated heterocycles. The van der Waals surface area contributed by atoms with Crippen molar-refractivity contribution in [1.29, 1.82) is 0 Å². The van der Waals surface area contributed by atoms with E-state index in [1.54, 1.807) is 16.9 Å². The van der Waals surface area contributed by atoms with Crippen LogP contribution in [0.4, 0.5) is 5.82 Å². The van der Waals surface area contributed by atoms with E-state index in [4.69, 9.17) is 5.14 Å². The van der Waals surface area contributed by atoms with Gasteiger partial charge in [0.1, 0.15) is 11.1 Å². The second-order valence-corrected chi connectivity index (χ2v) is 6.66. The van der Waals surface area contributed by atoms with Crippen molar-refractivity contribution in [2.75, 3.05) is 11.4 Å². The smallest absolute Gasteiger partial charge is 0.229 e. The Morgan fingerprint density at radius 1 is 1.58 bits per heavy atom. The standard InChI is InChI=1S/C11H18N4O3S/c1-3-8(2)15-10(4-5-13-15)14-7-9(6-11(14)16)19(12,17)18/h4-5,8-9H,3,6-7H2,1-2H3,(H2,12,17,18). The molecule has 0 bridgehead atoms. The third kappa shape index (κ3) is 2.64. The zero-order valence-corrected chi connectivity index (χ0v) is 11.8. The van der Waals surface area contributed by atoms with Crippen molar-refractivity contribution in [3.05, 3.63) is 12.3 Å². The van der Waals surface area contributed by atoms with Crippen molar-refractivity contribution in [3.8, 4) is 0 Å². The molecular weight excluding hydrogens is 268 g/mol. The summed E-state index contributed by atoms with van der Waals surface area (Å²) in [7, 11) is -3.69. The fourth-order valence-corrected chi connectivity index (χ4v) is 2.88. The Labute approximate surface area is 112 Å². The van der Waals surface area contributed by atoms with Crippen LogP contribution in [-0.4, -0.2) is 35.9 Å². The van der Waals surface area contributed by atoms with Crippen LogP contribution in [0.5, 0.6) is 0 Å². The van der Waals surface area contributed by atoms with Crippen LogP contribution in [0.2, 0.25) is 0 Å². The minimum Gasteiger partial charge on any atom is -0.296 e. The molecule has 1 fully saturated rings. The van der Waals surface area contributed by atoms with Crippen LogP contribution in [0.3, 0.4) is 0 Å². The molecule has 1 aromatic heterocycles. The Balaban J connectivity index is 2.29. The molecule has 2 rings (SSSR count). The zero-order valence-electron chi connectivity index (χ0n) is 11.0. The molecule has 7 nitrogen and oxygen atoms in total. The van der Waals surface area contributed by atoms with Gasteiger partial charge in [-0.25, -0.2) is 18.2 Å². The number of primary sulfonamides is 1. The van der Waals surface area contributed by atoms with Gasteiger partial charge in [-0.2, -0.15) is 5.10 Å². The van der Waals surface area contributed by atoms with E-state index in [0.717, 1.165) is 6.42 Å². The van der Waals surface area contributed by atoms with Crippen molar-refractivity contribution < 1.29 is 13.2 Å². The van der Waals surface area contributed by atoms with E-state index in [9.17, 15) is 13.2 Å². The SMILES string of the molecule is CCC(C)n1nccc1N1CC(S(N)(=O)=O)CC1=O. The number of aromatic nitrogens is 2. The molecule has 2 unspecified atom stereocenters. The fourth-order valence-electron chi connectivity index (χ4n) is 2.15. The lowest BCUT2D eigenvalue weighted by molar-refractivity contribution is -0.117. The normalized spacial score (nSPS) is 21.9. The van der Waals surface area contributed by atoms with E-state index in [1.165, 1.54) is 4.90 Å². The first-order valence-corrected chi connectivity index (χ1v) is 7.81. The minimum atomic E-state index is -3.69. The van der Waals surface area contributed by atoms with Crippen molar-refractivity contribution in [1.82, 2.24) is 9.78 Å². The average Bonchev–Trinajstić information content (AvgIpc) is 2.92. The van der Waals surface area contributed by atoms with Gasteiger partial charge in [-0.15, -0.1) is 0 Å². The number of nitrogens with zero attached hydrogens (tertiary/aromatic N) is 3. The molecule has 0 radical (unpaired) electrons. The van der Waals surface area contributed by atoms with E-state index in [2.05, 4.69) is 5.10 Å². The molecule has 8 heteroatoms. The summed E-state index contributed by atoms with van der Waals surface area (Å²) in [5.74, 6) is 0.398. The van der Waals surface area contributed by atoms with Gasteiger partial charge in [0.25, 0.3) is 0 Å². The number of hydrogen-bond donors (Lipinski definition) is 1. The van der Waals surface area contributed by atoms with E-state index < -0.39 is 15.3 Å². The highest BCUT2D eigenvalue weighted by Gasteiger charge is 2.38. The molecule has 0 spiro atoms. The number of amides is 1. The number of hydrogen-bond acceptors (Lipinski definition) is 4. The first kappa shape index (κ1) is 14.0. The maximum Gasteiger partial charge on any atom is 0.229 e. The van der Waals surface area contributed by atoms with Crippen molar-refractivity contribution >= 4 is 21.7 Å². The molecule has 1 amide bonds. The number of sulfonamides is 1. The Kier molecular flexibility index (Phi) is 3.64. The predicted octanol–water partition coefficient (Wildman–Crippen LogP) is 0.248. The number of rotatable bonds is 4. The molecule has 2 N–H and O–H groups in total. The summed E-state index contributed by atoms with van der Waals surface area (Å²) in [5.41, 5.74) is 0. The highest BCUT2D eigenvalue weighted by Crippen LogP contribution is 2.26. The lowest BCUT2D eigenvalue weighted by atomic mass is 10.3. The van der Waals surface area contributed by atoms with E-state index in [-0.39, 0.29) is 24.9 Å². The van der Waals surface area contributed by atoms with Crippen LogP contribution in [0.25, 0.3) is 0 Å². The maximum atomic E-state index is 12.0. The molecule has 0 aliphatic carbocycles. The van der Waals surface area contributed by atoms with Gasteiger partial charge in [-0.3, -0.25) is 9.69 Å². The molecular formula is C11H18N4O3S. The molecule has 0 saturated carbocycles. The number of nitrogens with two attached hydrogens (primary N) is 1. The highest BCUT2D eigenvalue weighted by atomic mass is 32.2. The first-order chi connectivity index (χ1) is 8.84. The maximum absolute atomic E-state index is 12.0. The van der Waals surface area contributed by atoms with Gasteiger partial charge in [-0.05, 0) is 13.3 Å². The Morgan fingerprint density at radius 3 is 2.79 bits per heavy atom. The van der Waals surface area contributed by atoms with Crippen LogP contribution in [0.1, 0.15) is 32.7 Å². The third-order valence-electron chi connectivity index (χ3n) is 3.49. The zero-order chi connectivity index (χ0) is 14.2. The van der Waals surface area contributed by atoms with Gasteiger partial charge in [0.05, 0.1) is 12.2 Å². The summed E-state index contributed by atoms with van der Waals surface area (Å²) in [6.45, 7) is 4.11. The van der Waals surface area contributed by atoms with E-state index >= 15 is 0 Å². The molecule has 2 atom stereocenters. The van der Waals surface area contributed by atoms with Crippen LogP contribution >= 0.6 is 0 Å². The number of anilines is 1. The predicted molar refractivity (Wildman–Crippen MR) is 71.1 cm³/mol. The summed E-state index contributed by atoms with van der Waals surface area (Å²) in [6, 6.07) is 1.86. The lowest BCUT2D eigenvalue weighted by Gasteiger charge is -2.20. The molecule has 106 valence electrons. The van der Waals surface area contributed by atoms with Gasteiger partial charge in [0.2, 0.25) is 15.9 Å². The van der Waals surface area contributed by atoms with Crippen molar-refractivity contribution in [2.45, 2.75) is 38.0 Å². The van der Waals surface area contributed by atoms with E-state index in [1.807, 2.05) is 13.8 Å².